The minimum Gasteiger partial charge on any atom is -0.452 e. The number of rotatable bonds is 1. The van der Waals surface area contributed by atoms with Crippen LogP contribution in [0.2, 0.25) is 0 Å². The van der Waals surface area contributed by atoms with Gasteiger partial charge in [-0.15, -0.1) is 0 Å². The number of hydrogen-bond donors (Lipinski definition) is 1. The zero-order valence-electron chi connectivity index (χ0n) is 7.64. The topological polar surface area (TPSA) is 39.2 Å². The molecule has 1 aromatic heterocycles. The first-order valence-electron chi connectivity index (χ1n) is 4.30. The first-order chi connectivity index (χ1) is 7.00. The number of halogens is 3. The predicted octanol–water partition coefficient (Wildman–Crippen LogP) is 2.91. The third kappa shape index (κ3) is 1.83. The van der Waals surface area contributed by atoms with Crippen LogP contribution in [0.25, 0.3) is 11.0 Å². The first kappa shape index (κ1) is 10.0. The molecule has 0 saturated heterocycles. The maximum Gasteiger partial charge on any atom is 0.449 e. The summed E-state index contributed by atoms with van der Waals surface area (Å²) in [7, 11) is 0. The Bertz CT molecular complexity index is 487. The SMILES string of the molecule is NCc1ccc2oc(C(F)(F)F)cc2c1. The fourth-order valence-electron chi connectivity index (χ4n) is 1.36. The summed E-state index contributed by atoms with van der Waals surface area (Å²) in [5, 5.41) is 0.422. The highest BCUT2D eigenvalue weighted by molar-refractivity contribution is 5.78. The van der Waals surface area contributed by atoms with Crippen LogP contribution < -0.4 is 5.73 Å². The van der Waals surface area contributed by atoms with Crippen LogP contribution >= 0.6 is 0 Å². The molecule has 2 aromatic rings. The van der Waals surface area contributed by atoms with E-state index >= 15 is 0 Å². The number of furan rings is 1. The van der Waals surface area contributed by atoms with Crippen LogP contribution in [0.3, 0.4) is 0 Å². The van der Waals surface area contributed by atoms with E-state index in [1.54, 1.807) is 12.1 Å². The van der Waals surface area contributed by atoms with Gasteiger partial charge in [-0.2, -0.15) is 13.2 Å². The number of alkyl halides is 3. The van der Waals surface area contributed by atoms with Gasteiger partial charge in [0.2, 0.25) is 5.76 Å². The Kier molecular flexibility index (Phi) is 2.19. The van der Waals surface area contributed by atoms with Crippen molar-refractivity contribution in [3.63, 3.8) is 0 Å². The molecule has 2 rings (SSSR count). The highest BCUT2D eigenvalue weighted by atomic mass is 19.4. The highest BCUT2D eigenvalue weighted by Crippen LogP contribution is 2.33. The van der Waals surface area contributed by atoms with Gasteiger partial charge >= 0.3 is 6.18 Å². The molecule has 2 nitrogen and oxygen atoms in total. The van der Waals surface area contributed by atoms with Crippen molar-refractivity contribution in [2.45, 2.75) is 12.7 Å². The van der Waals surface area contributed by atoms with Crippen LogP contribution in [0.4, 0.5) is 13.2 Å². The second-order valence-corrected chi connectivity index (χ2v) is 3.18. The molecule has 0 aliphatic rings. The zero-order valence-corrected chi connectivity index (χ0v) is 7.64. The van der Waals surface area contributed by atoms with E-state index in [9.17, 15) is 13.2 Å². The lowest BCUT2D eigenvalue weighted by atomic mass is 10.1. The largest absolute Gasteiger partial charge is 0.452 e. The Morgan fingerprint density at radius 1 is 1.20 bits per heavy atom. The zero-order chi connectivity index (χ0) is 11.1. The quantitative estimate of drug-likeness (QED) is 0.794. The molecule has 0 amide bonds. The third-order valence-corrected chi connectivity index (χ3v) is 2.10. The summed E-state index contributed by atoms with van der Waals surface area (Å²) in [6.45, 7) is 0.294. The summed E-state index contributed by atoms with van der Waals surface area (Å²) >= 11 is 0. The second-order valence-electron chi connectivity index (χ2n) is 3.18. The molecule has 0 aliphatic carbocycles. The second kappa shape index (κ2) is 3.27. The molecule has 80 valence electrons. The van der Waals surface area contributed by atoms with Crippen molar-refractivity contribution in [1.29, 1.82) is 0 Å². The van der Waals surface area contributed by atoms with E-state index in [1.807, 2.05) is 0 Å². The van der Waals surface area contributed by atoms with E-state index in [0.717, 1.165) is 11.6 Å². The molecule has 0 fully saturated rings. The van der Waals surface area contributed by atoms with Gasteiger partial charge in [-0.3, -0.25) is 0 Å². The van der Waals surface area contributed by atoms with Crippen LogP contribution in [0.1, 0.15) is 11.3 Å². The summed E-state index contributed by atoms with van der Waals surface area (Å²) < 4.78 is 41.5. The van der Waals surface area contributed by atoms with Crippen LogP contribution in [-0.4, -0.2) is 0 Å². The van der Waals surface area contributed by atoms with E-state index in [1.165, 1.54) is 6.07 Å². The predicted molar refractivity (Wildman–Crippen MR) is 49.1 cm³/mol. The Morgan fingerprint density at radius 2 is 1.93 bits per heavy atom. The lowest BCUT2D eigenvalue weighted by Gasteiger charge is -1.98. The average molecular weight is 215 g/mol. The lowest BCUT2D eigenvalue weighted by Crippen LogP contribution is -2.01. The van der Waals surface area contributed by atoms with Crippen LogP contribution in [0.5, 0.6) is 0 Å². The van der Waals surface area contributed by atoms with E-state index in [4.69, 9.17) is 5.73 Å². The maximum absolute atomic E-state index is 12.3. The summed E-state index contributed by atoms with van der Waals surface area (Å²) in [5.74, 6) is -0.980. The fraction of sp³-hybridized carbons (Fsp3) is 0.200. The maximum atomic E-state index is 12.3. The molecule has 0 aliphatic heterocycles. The number of hydrogen-bond acceptors (Lipinski definition) is 2. The van der Waals surface area contributed by atoms with Crippen LogP contribution in [0, 0.1) is 0 Å². The van der Waals surface area contributed by atoms with Gasteiger partial charge in [-0.05, 0) is 23.8 Å². The molecule has 1 aromatic carbocycles. The standard InChI is InChI=1S/C10H8F3NO/c11-10(12,13)9-4-7-3-6(5-14)1-2-8(7)15-9/h1-4H,5,14H2. The molecule has 0 atom stereocenters. The van der Waals surface area contributed by atoms with E-state index in [-0.39, 0.29) is 5.58 Å². The van der Waals surface area contributed by atoms with Gasteiger partial charge in [0, 0.05) is 11.9 Å². The van der Waals surface area contributed by atoms with Gasteiger partial charge in [0.1, 0.15) is 5.58 Å². The summed E-state index contributed by atoms with van der Waals surface area (Å²) in [6, 6.07) is 5.71. The molecule has 5 heteroatoms. The van der Waals surface area contributed by atoms with Crippen molar-refractivity contribution >= 4 is 11.0 Å². The average Bonchev–Trinajstić information content (AvgIpc) is 2.59. The highest BCUT2D eigenvalue weighted by Gasteiger charge is 2.35. The van der Waals surface area contributed by atoms with Crippen molar-refractivity contribution in [3.8, 4) is 0 Å². The van der Waals surface area contributed by atoms with Gasteiger partial charge < -0.3 is 10.2 Å². The van der Waals surface area contributed by atoms with Crippen LogP contribution in [0.15, 0.2) is 28.7 Å². The number of fused-ring (bicyclic) bond motifs is 1. The minimum absolute atomic E-state index is 0.222. The van der Waals surface area contributed by atoms with Gasteiger partial charge in [-0.1, -0.05) is 6.07 Å². The number of nitrogens with two attached hydrogens (primary N) is 1. The van der Waals surface area contributed by atoms with Crippen molar-refractivity contribution in [1.82, 2.24) is 0 Å². The van der Waals surface area contributed by atoms with Gasteiger partial charge in [-0.25, -0.2) is 0 Å². The van der Waals surface area contributed by atoms with Crippen molar-refractivity contribution in [3.05, 3.63) is 35.6 Å². The Labute approximate surface area is 83.5 Å². The molecule has 0 unspecified atom stereocenters. The van der Waals surface area contributed by atoms with Crippen molar-refractivity contribution < 1.29 is 17.6 Å². The monoisotopic (exact) mass is 215 g/mol. The normalized spacial score (nSPS) is 12.3. The Balaban J connectivity index is 2.56. The van der Waals surface area contributed by atoms with Crippen molar-refractivity contribution in [2.24, 2.45) is 5.73 Å². The lowest BCUT2D eigenvalue weighted by molar-refractivity contribution is -0.152. The number of benzene rings is 1. The molecule has 0 spiro atoms. The molecule has 2 N–H and O–H groups in total. The molecule has 0 saturated carbocycles. The Morgan fingerprint density at radius 3 is 2.53 bits per heavy atom. The first-order valence-corrected chi connectivity index (χ1v) is 4.30. The summed E-state index contributed by atoms with van der Waals surface area (Å²) in [4.78, 5) is 0. The molecule has 1 heterocycles. The third-order valence-electron chi connectivity index (χ3n) is 2.10. The van der Waals surface area contributed by atoms with Gasteiger partial charge in [0.15, 0.2) is 0 Å². The van der Waals surface area contributed by atoms with E-state index < -0.39 is 11.9 Å². The van der Waals surface area contributed by atoms with E-state index in [2.05, 4.69) is 4.42 Å². The summed E-state index contributed by atoms with van der Waals surface area (Å²) in [6.07, 6.45) is -4.44. The van der Waals surface area contributed by atoms with Gasteiger partial charge in [0.25, 0.3) is 0 Å². The van der Waals surface area contributed by atoms with Gasteiger partial charge in [0.05, 0.1) is 0 Å². The molecule has 15 heavy (non-hydrogen) atoms. The molecular formula is C10H8F3NO. The van der Waals surface area contributed by atoms with Crippen LogP contribution in [-0.2, 0) is 12.7 Å². The smallest absolute Gasteiger partial charge is 0.449 e. The van der Waals surface area contributed by atoms with E-state index in [0.29, 0.717) is 11.9 Å². The summed E-state index contributed by atoms with van der Waals surface area (Å²) in [5.41, 5.74) is 6.38. The molecule has 0 bridgehead atoms. The van der Waals surface area contributed by atoms with Crippen molar-refractivity contribution in [2.75, 3.05) is 0 Å². The molecule has 0 radical (unpaired) electrons. The molecular weight excluding hydrogens is 207 g/mol. The Hall–Kier alpha value is -1.49. The fourth-order valence-corrected chi connectivity index (χ4v) is 1.36. The minimum atomic E-state index is -4.44.